The van der Waals surface area contributed by atoms with Crippen LogP contribution in [0.25, 0.3) is 0 Å². The molecule has 0 aliphatic heterocycles. The molecule has 4 heteroatoms. The summed E-state index contributed by atoms with van der Waals surface area (Å²) in [7, 11) is 0. The molecule has 1 aromatic carbocycles. The minimum absolute atomic E-state index is 0.0784. The topological polar surface area (TPSA) is 32.3 Å². The van der Waals surface area contributed by atoms with Crippen molar-refractivity contribution >= 4 is 5.69 Å². The normalized spacial score (nSPS) is 12.6. The van der Waals surface area contributed by atoms with Gasteiger partial charge in [0.15, 0.2) is 0 Å². The summed E-state index contributed by atoms with van der Waals surface area (Å²) in [5.74, 6) is -0.969. The van der Waals surface area contributed by atoms with E-state index in [0.29, 0.717) is 0 Å². The molecule has 0 saturated heterocycles. The first-order chi connectivity index (χ1) is 6.54. The fourth-order valence-corrected chi connectivity index (χ4v) is 1.07. The second kappa shape index (κ2) is 4.37. The summed E-state index contributed by atoms with van der Waals surface area (Å²) in [5.41, 5.74) is 0.347. The van der Waals surface area contributed by atoms with E-state index >= 15 is 0 Å². The number of anilines is 1. The maximum absolute atomic E-state index is 13.2. The summed E-state index contributed by atoms with van der Waals surface area (Å²) < 4.78 is 26.3. The Hall–Kier alpha value is -1.16. The average Bonchev–Trinajstić information content (AvgIpc) is 2.14. The van der Waals surface area contributed by atoms with Crippen LogP contribution in [-0.4, -0.2) is 17.8 Å². The molecule has 1 unspecified atom stereocenters. The summed E-state index contributed by atoms with van der Waals surface area (Å²) >= 11 is 0. The van der Waals surface area contributed by atoms with Crippen LogP contribution in [0.5, 0.6) is 0 Å². The van der Waals surface area contributed by atoms with Crippen molar-refractivity contribution < 1.29 is 13.9 Å². The number of hydrogen-bond donors (Lipinski definition) is 2. The van der Waals surface area contributed by atoms with Gasteiger partial charge in [0, 0.05) is 12.1 Å². The Kier molecular flexibility index (Phi) is 3.41. The highest BCUT2D eigenvalue weighted by molar-refractivity contribution is 5.47. The van der Waals surface area contributed by atoms with E-state index in [-0.39, 0.29) is 23.9 Å². The first-order valence-corrected chi connectivity index (χ1v) is 4.37. The van der Waals surface area contributed by atoms with Gasteiger partial charge in [0.25, 0.3) is 0 Å². The summed E-state index contributed by atoms with van der Waals surface area (Å²) in [5, 5.41) is 11.4. The Labute approximate surface area is 81.6 Å². The first-order valence-electron chi connectivity index (χ1n) is 4.37. The number of nitrogens with one attached hydrogen (secondary N) is 1. The molecule has 0 saturated carbocycles. The van der Waals surface area contributed by atoms with Gasteiger partial charge in [0.1, 0.15) is 11.6 Å². The largest absolute Gasteiger partial charge is 0.394 e. The van der Waals surface area contributed by atoms with Gasteiger partial charge in [0.05, 0.1) is 12.3 Å². The number of rotatable bonds is 3. The SMILES string of the molecule is Cc1cc(F)c(NC(C)CO)cc1F. The highest BCUT2D eigenvalue weighted by Crippen LogP contribution is 2.19. The summed E-state index contributed by atoms with van der Waals surface area (Å²) in [4.78, 5) is 0. The Bertz CT molecular complexity index is 328. The van der Waals surface area contributed by atoms with Gasteiger partial charge in [-0.05, 0) is 25.5 Å². The molecule has 14 heavy (non-hydrogen) atoms. The molecule has 0 aromatic heterocycles. The quantitative estimate of drug-likeness (QED) is 0.784. The molecule has 1 rings (SSSR count). The molecule has 2 nitrogen and oxygen atoms in total. The number of benzene rings is 1. The van der Waals surface area contributed by atoms with Crippen LogP contribution < -0.4 is 5.32 Å². The summed E-state index contributed by atoms with van der Waals surface area (Å²) in [6.07, 6.45) is 0. The Morgan fingerprint density at radius 1 is 1.36 bits per heavy atom. The fourth-order valence-electron chi connectivity index (χ4n) is 1.07. The van der Waals surface area contributed by atoms with Gasteiger partial charge in [-0.3, -0.25) is 0 Å². The molecule has 0 radical (unpaired) electrons. The molecule has 0 amide bonds. The lowest BCUT2D eigenvalue weighted by Crippen LogP contribution is -2.20. The van der Waals surface area contributed by atoms with Crippen LogP contribution in [0.15, 0.2) is 12.1 Å². The Morgan fingerprint density at radius 2 is 2.00 bits per heavy atom. The van der Waals surface area contributed by atoms with Crippen molar-refractivity contribution in [3.05, 3.63) is 29.3 Å². The minimum atomic E-state index is -0.510. The fraction of sp³-hybridized carbons (Fsp3) is 0.400. The van der Waals surface area contributed by atoms with Crippen LogP contribution in [0.2, 0.25) is 0 Å². The second-order valence-electron chi connectivity index (χ2n) is 3.31. The third-order valence-corrected chi connectivity index (χ3v) is 1.92. The third-order valence-electron chi connectivity index (χ3n) is 1.92. The smallest absolute Gasteiger partial charge is 0.146 e. The molecule has 2 N–H and O–H groups in total. The highest BCUT2D eigenvalue weighted by atomic mass is 19.1. The predicted octanol–water partition coefficient (Wildman–Crippen LogP) is 2.07. The zero-order valence-electron chi connectivity index (χ0n) is 8.14. The van der Waals surface area contributed by atoms with Crippen LogP contribution >= 0.6 is 0 Å². The lowest BCUT2D eigenvalue weighted by molar-refractivity contribution is 0.281. The van der Waals surface area contributed by atoms with Gasteiger partial charge in [-0.1, -0.05) is 0 Å². The molecular formula is C10H13F2NO. The first kappa shape index (κ1) is 10.9. The number of hydrogen-bond acceptors (Lipinski definition) is 2. The molecule has 78 valence electrons. The van der Waals surface area contributed by atoms with Crippen LogP contribution in [-0.2, 0) is 0 Å². The van der Waals surface area contributed by atoms with Crippen molar-refractivity contribution in [2.45, 2.75) is 19.9 Å². The molecule has 0 heterocycles. The van der Waals surface area contributed by atoms with Gasteiger partial charge in [0.2, 0.25) is 0 Å². The van der Waals surface area contributed by atoms with Gasteiger partial charge in [-0.25, -0.2) is 8.78 Å². The van der Waals surface area contributed by atoms with Gasteiger partial charge in [-0.2, -0.15) is 0 Å². The van der Waals surface area contributed by atoms with E-state index in [0.717, 1.165) is 12.1 Å². The highest BCUT2D eigenvalue weighted by Gasteiger charge is 2.08. The van der Waals surface area contributed by atoms with Gasteiger partial charge < -0.3 is 10.4 Å². The molecule has 0 aliphatic carbocycles. The number of aryl methyl sites for hydroxylation is 1. The average molecular weight is 201 g/mol. The van der Waals surface area contributed by atoms with E-state index in [2.05, 4.69) is 5.32 Å². The van der Waals surface area contributed by atoms with Crippen LogP contribution in [0.3, 0.4) is 0 Å². The summed E-state index contributed by atoms with van der Waals surface area (Å²) in [6, 6.07) is 1.92. The number of halogens is 2. The zero-order chi connectivity index (χ0) is 10.7. The standard InChI is InChI=1S/C10H13F2NO/c1-6-3-9(12)10(4-8(6)11)13-7(2)5-14/h3-4,7,13-14H,5H2,1-2H3. The van der Waals surface area contributed by atoms with Crippen molar-refractivity contribution in [2.75, 3.05) is 11.9 Å². The van der Waals surface area contributed by atoms with E-state index in [4.69, 9.17) is 5.11 Å². The molecular weight excluding hydrogens is 188 g/mol. The van der Waals surface area contributed by atoms with Crippen molar-refractivity contribution in [3.63, 3.8) is 0 Å². The third kappa shape index (κ3) is 2.42. The lowest BCUT2D eigenvalue weighted by atomic mass is 10.2. The molecule has 0 spiro atoms. The second-order valence-corrected chi connectivity index (χ2v) is 3.31. The Balaban J connectivity index is 2.92. The van der Waals surface area contributed by atoms with E-state index in [1.165, 1.54) is 6.92 Å². The van der Waals surface area contributed by atoms with Crippen molar-refractivity contribution in [1.29, 1.82) is 0 Å². The van der Waals surface area contributed by atoms with Gasteiger partial charge >= 0.3 is 0 Å². The van der Waals surface area contributed by atoms with Crippen LogP contribution in [0.1, 0.15) is 12.5 Å². The molecule has 1 atom stereocenters. The lowest BCUT2D eigenvalue weighted by Gasteiger charge is -2.13. The molecule has 0 aliphatic rings. The predicted molar refractivity (Wildman–Crippen MR) is 51.3 cm³/mol. The maximum Gasteiger partial charge on any atom is 0.146 e. The maximum atomic E-state index is 13.2. The van der Waals surface area contributed by atoms with Crippen LogP contribution in [0, 0.1) is 18.6 Å². The number of aliphatic hydroxyl groups excluding tert-OH is 1. The molecule has 1 aromatic rings. The zero-order valence-corrected chi connectivity index (χ0v) is 8.14. The van der Waals surface area contributed by atoms with E-state index in [9.17, 15) is 8.78 Å². The van der Waals surface area contributed by atoms with E-state index in [1.807, 2.05) is 0 Å². The van der Waals surface area contributed by atoms with E-state index < -0.39 is 11.6 Å². The number of aliphatic hydroxyl groups is 1. The van der Waals surface area contributed by atoms with Crippen LogP contribution in [0.4, 0.5) is 14.5 Å². The monoisotopic (exact) mass is 201 g/mol. The Morgan fingerprint density at radius 3 is 2.57 bits per heavy atom. The van der Waals surface area contributed by atoms with Crippen molar-refractivity contribution in [3.8, 4) is 0 Å². The minimum Gasteiger partial charge on any atom is -0.394 e. The summed E-state index contributed by atoms with van der Waals surface area (Å²) in [6.45, 7) is 3.05. The van der Waals surface area contributed by atoms with Crippen molar-refractivity contribution in [1.82, 2.24) is 0 Å². The van der Waals surface area contributed by atoms with Crippen molar-refractivity contribution in [2.24, 2.45) is 0 Å². The van der Waals surface area contributed by atoms with Gasteiger partial charge in [-0.15, -0.1) is 0 Å². The molecule has 0 fully saturated rings. The van der Waals surface area contributed by atoms with E-state index in [1.54, 1.807) is 6.92 Å². The molecule has 0 bridgehead atoms.